The fourth-order valence-electron chi connectivity index (χ4n) is 3.31. The van der Waals surface area contributed by atoms with Crippen LogP contribution in [0.5, 0.6) is 11.5 Å². The van der Waals surface area contributed by atoms with E-state index in [9.17, 15) is 4.79 Å². The van der Waals surface area contributed by atoms with Crippen LogP contribution in [0.1, 0.15) is 10.4 Å². The second-order valence-electron chi connectivity index (χ2n) is 6.31. The highest BCUT2D eigenvalue weighted by Crippen LogP contribution is 2.33. The van der Waals surface area contributed by atoms with Crippen molar-refractivity contribution in [1.29, 1.82) is 0 Å². The van der Waals surface area contributed by atoms with Gasteiger partial charge in [-0.05, 0) is 30.3 Å². The van der Waals surface area contributed by atoms with Gasteiger partial charge in [0, 0.05) is 31.7 Å². The molecule has 1 fully saturated rings. The first kappa shape index (κ1) is 15.1. The summed E-state index contributed by atoms with van der Waals surface area (Å²) in [7, 11) is 0. The molecule has 3 heterocycles. The van der Waals surface area contributed by atoms with Crippen molar-refractivity contribution in [3.63, 3.8) is 0 Å². The van der Waals surface area contributed by atoms with Gasteiger partial charge in [0.1, 0.15) is 5.52 Å². The first-order valence-corrected chi connectivity index (χ1v) is 8.57. The van der Waals surface area contributed by atoms with Crippen LogP contribution >= 0.6 is 0 Å². The molecule has 0 radical (unpaired) electrons. The Morgan fingerprint density at radius 2 is 1.77 bits per heavy atom. The molecule has 2 aromatic carbocycles. The number of amides is 1. The molecule has 2 aliphatic heterocycles. The van der Waals surface area contributed by atoms with Crippen molar-refractivity contribution >= 4 is 23.0 Å². The van der Waals surface area contributed by atoms with Gasteiger partial charge in [-0.15, -0.1) is 0 Å². The van der Waals surface area contributed by atoms with E-state index in [1.54, 1.807) is 18.2 Å². The lowest BCUT2D eigenvalue weighted by atomic mass is 10.1. The molecule has 7 heteroatoms. The number of hydrogen-bond donors (Lipinski definition) is 0. The SMILES string of the molecule is O=C(c1ccc2c(c1)OCO2)N1CCN(c2nc3ccccc3o2)CC1. The molecule has 1 amide bonds. The van der Waals surface area contributed by atoms with Gasteiger partial charge in [0.05, 0.1) is 0 Å². The minimum Gasteiger partial charge on any atom is -0.454 e. The average Bonchev–Trinajstić information content (AvgIpc) is 3.33. The number of oxazole rings is 1. The van der Waals surface area contributed by atoms with Crippen molar-refractivity contribution in [2.75, 3.05) is 37.9 Å². The van der Waals surface area contributed by atoms with Crippen LogP contribution in [-0.2, 0) is 0 Å². The predicted octanol–water partition coefficient (Wildman–Crippen LogP) is 2.52. The zero-order valence-electron chi connectivity index (χ0n) is 14.1. The number of ether oxygens (including phenoxy) is 2. The van der Waals surface area contributed by atoms with Crippen molar-refractivity contribution < 1.29 is 18.7 Å². The van der Waals surface area contributed by atoms with Crippen LogP contribution < -0.4 is 14.4 Å². The number of anilines is 1. The van der Waals surface area contributed by atoms with Crippen molar-refractivity contribution in [2.45, 2.75) is 0 Å². The number of nitrogens with zero attached hydrogens (tertiary/aromatic N) is 3. The zero-order valence-corrected chi connectivity index (χ0v) is 14.1. The largest absolute Gasteiger partial charge is 0.454 e. The standard InChI is InChI=1S/C19H17N3O4/c23-18(13-5-6-16-17(11-13)25-12-24-16)21-7-9-22(10-8-21)19-20-14-3-1-2-4-15(14)26-19/h1-6,11H,7-10,12H2. The number of carbonyl (C=O) groups excluding carboxylic acids is 1. The maximum atomic E-state index is 12.8. The highest BCUT2D eigenvalue weighted by atomic mass is 16.7. The molecule has 1 saturated heterocycles. The van der Waals surface area contributed by atoms with Crippen LogP contribution in [-0.4, -0.2) is 48.8 Å². The highest BCUT2D eigenvalue weighted by molar-refractivity contribution is 5.95. The maximum Gasteiger partial charge on any atom is 0.298 e. The Hall–Kier alpha value is -3.22. The van der Waals surface area contributed by atoms with Gasteiger partial charge in [0.15, 0.2) is 17.1 Å². The van der Waals surface area contributed by atoms with Gasteiger partial charge in [0.2, 0.25) is 6.79 Å². The molecule has 0 N–H and O–H groups in total. The van der Waals surface area contributed by atoms with Crippen molar-refractivity contribution in [1.82, 2.24) is 9.88 Å². The van der Waals surface area contributed by atoms with Gasteiger partial charge in [-0.2, -0.15) is 4.98 Å². The summed E-state index contributed by atoms with van der Waals surface area (Å²) in [5, 5.41) is 0. The van der Waals surface area contributed by atoms with Crippen molar-refractivity contribution in [3.8, 4) is 11.5 Å². The molecule has 2 aliphatic rings. The number of carbonyl (C=O) groups is 1. The quantitative estimate of drug-likeness (QED) is 0.707. The highest BCUT2D eigenvalue weighted by Gasteiger charge is 2.26. The summed E-state index contributed by atoms with van der Waals surface area (Å²) in [6, 6.07) is 13.6. The Bertz CT molecular complexity index is 943. The predicted molar refractivity (Wildman–Crippen MR) is 94.7 cm³/mol. The smallest absolute Gasteiger partial charge is 0.298 e. The van der Waals surface area contributed by atoms with Crippen LogP contribution in [0.2, 0.25) is 0 Å². The Labute approximate surface area is 149 Å². The maximum absolute atomic E-state index is 12.8. The van der Waals surface area contributed by atoms with Crippen LogP contribution in [0.3, 0.4) is 0 Å². The summed E-state index contributed by atoms with van der Waals surface area (Å²) >= 11 is 0. The molecule has 0 saturated carbocycles. The summed E-state index contributed by atoms with van der Waals surface area (Å²) in [6.07, 6.45) is 0. The molecule has 0 atom stereocenters. The lowest BCUT2D eigenvalue weighted by Crippen LogP contribution is -2.48. The molecular formula is C19H17N3O4. The molecule has 7 nitrogen and oxygen atoms in total. The van der Waals surface area contributed by atoms with E-state index in [0.29, 0.717) is 49.3 Å². The topological polar surface area (TPSA) is 68.0 Å². The van der Waals surface area contributed by atoms with Crippen LogP contribution in [0, 0.1) is 0 Å². The molecular weight excluding hydrogens is 334 g/mol. The van der Waals surface area contributed by atoms with Gasteiger partial charge in [-0.3, -0.25) is 4.79 Å². The summed E-state index contributed by atoms with van der Waals surface area (Å²) < 4.78 is 16.5. The molecule has 5 rings (SSSR count). The molecule has 0 unspecified atom stereocenters. The molecule has 132 valence electrons. The Morgan fingerprint density at radius 1 is 0.962 bits per heavy atom. The molecule has 1 aromatic heterocycles. The van der Waals surface area contributed by atoms with E-state index in [1.807, 2.05) is 29.2 Å². The van der Waals surface area contributed by atoms with Crippen LogP contribution in [0.15, 0.2) is 46.9 Å². The van der Waals surface area contributed by atoms with E-state index in [-0.39, 0.29) is 12.7 Å². The number of piperazine rings is 1. The number of fused-ring (bicyclic) bond motifs is 2. The molecule has 3 aromatic rings. The summed E-state index contributed by atoms with van der Waals surface area (Å²) in [5.74, 6) is 1.31. The summed E-state index contributed by atoms with van der Waals surface area (Å²) in [5.41, 5.74) is 2.24. The average molecular weight is 351 g/mol. The van der Waals surface area contributed by atoms with E-state index in [1.165, 1.54) is 0 Å². The van der Waals surface area contributed by atoms with Gasteiger partial charge in [-0.25, -0.2) is 0 Å². The first-order valence-electron chi connectivity index (χ1n) is 8.57. The third-order valence-corrected chi connectivity index (χ3v) is 4.74. The van der Waals surface area contributed by atoms with Crippen molar-refractivity contribution in [3.05, 3.63) is 48.0 Å². The van der Waals surface area contributed by atoms with Crippen molar-refractivity contribution in [2.24, 2.45) is 0 Å². The lowest BCUT2D eigenvalue weighted by molar-refractivity contribution is 0.0744. The van der Waals surface area contributed by atoms with E-state index in [4.69, 9.17) is 13.9 Å². The Morgan fingerprint density at radius 3 is 2.62 bits per heavy atom. The molecule has 0 aliphatic carbocycles. The molecule has 0 spiro atoms. The minimum atomic E-state index is 0.000477. The Balaban J connectivity index is 1.28. The fourth-order valence-corrected chi connectivity index (χ4v) is 3.31. The monoisotopic (exact) mass is 351 g/mol. The lowest BCUT2D eigenvalue weighted by Gasteiger charge is -2.33. The van der Waals surface area contributed by atoms with Crippen LogP contribution in [0.4, 0.5) is 6.01 Å². The second-order valence-corrected chi connectivity index (χ2v) is 6.31. The summed E-state index contributed by atoms with van der Waals surface area (Å²) in [6.45, 7) is 2.81. The fraction of sp³-hybridized carbons (Fsp3) is 0.263. The normalized spacial score (nSPS) is 16.3. The number of aromatic nitrogens is 1. The van der Waals surface area contributed by atoms with E-state index >= 15 is 0 Å². The van der Waals surface area contributed by atoms with E-state index < -0.39 is 0 Å². The molecule has 26 heavy (non-hydrogen) atoms. The first-order chi connectivity index (χ1) is 12.8. The van der Waals surface area contributed by atoms with Gasteiger partial charge >= 0.3 is 0 Å². The number of para-hydroxylation sites is 2. The number of rotatable bonds is 2. The minimum absolute atomic E-state index is 0.000477. The Kier molecular flexibility index (Phi) is 3.44. The van der Waals surface area contributed by atoms with Crippen LogP contribution in [0.25, 0.3) is 11.1 Å². The third kappa shape index (κ3) is 2.52. The van der Waals surface area contributed by atoms with E-state index in [0.717, 1.165) is 11.1 Å². The second kappa shape index (κ2) is 5.94. The third-order valence-electron chi connectivity index (χ3n) is 4.74. The van der Waals surface area contributed by atoms with Gasteiger partial charge < -0.3 is 23.7 Å². The van der Waals surface area contributed by atoms with E-state index in [2.05, 4.69) is 9.88 Å². The number of hydrogen-bond acceptors (Lipinski definition) is 6. The van der Waals surface area contributed by atoms with Gasteiger partial charge in [0.25, 0.3) is 11.9 Å². The molecule has 0 bridgehead atoms. The zero-order chi connectivity index (χ0) is 17.5. The number of benzene rings is 2. The summed E-state index contributed by atoms with van der Waals surface area (Å²) in [4.78, 5) is 21.2. The van der Waals surface area contributed by atoms with Gasteiger partial charge in [-0.1, -0.05) is 12.1 Å².